The largest absolute Gasteiger partial charge is 0.493 e. The van der Waals surface area contributed by atoms with Gasteiger partial charge in [-0.3, -0.25) is 4.79 Å². The molecule has 1 fully saturated rings. The van der Waals surface area contributed by atoms with Crippen molar-refractivity contribution in [2.24, 2.45) is 16.6 Å². The van der Waals surface area contributed by atoms with E-state index in [0.29, 0.717) is 42.5 Å². The molecular weight excluding hydrogens is 403 g/mol. The van der Waals surface area contributed by atoms with E-state index < -0.39 is 0 Å². The molecule has 0 radical (unpaired) electrons. The van der Waals surface area contributed by atoms with E-state index in [4.69, 9.17) is 32.6 Å². The number of carbonyl (C=O) groups excluding carboxylic acids is 1. The van der Waals surface area contributed by atoms with Crippen LogP contribution in [-0.2, 0) is 4.84 Å². The number of oxime groups is 1. The van der Waals surface area contributed by atoms with Crippen molar-refractivity contribution in [3.05, 3.63) is 41.4 Å². The molecule has 28 heavy (non-hydrogen) atoms. The van der Waals surface area contributed by atoms with Gasteiger partial charge in [0.25, 0.3) is 5.91 Å². The smallest absolute Gasteiger partial charge is 0.254 e. The predicted molar refractivity (Wildman–Crippen MR) is 114 cm³/mol. The number of nitrogens with two attached hydrogens (primary N) is 2. The lowest BCUT2D eigenvalue weighted by Crippen LogP contribution is -2.38. The Kier molecular flexibility index (Phi) is 10.6. The number of rotatable bonds is 10. The second kappa shape index (κ2) is 12.4. The zero-order chi connectivity index (χ0) is 19.6. The van der Waals surface area contributed by atoms with Crippen molar-refractivity contribution in [3.63, 3.8) is 0 Å². The Morgan fingerprint density at radius 1 is 1.29 bits per heavy atom. The van der Waals surface area contributed by atoms with Crippen LogP contribution < -0.4 is 16.2 Å². The van der Waals surface area contributed by atoms with E-state index in [1.165, 1.54) is 0 Å². The van der Waals surface area contributed by atoms with Crippen LogP contribution in [0.4, 0.5) is 0 Å². The van der Waals surface area contributed by atoms with Crippen LogP contribution in [-0.4, -0.2) is 42.6 Å². The lowest BCUT2D eigenvalue weighted by atomic mass is 10.1. The Bertz CT molecular complexity index is 675. The second-order valence-electron chi connectivity index (χ2n) is 6.41. The molecular formula is C19H28Cl2N4O3. The van der Waals surface area contributed by atoms with Gasteiger partial charge in [-0.2, -0.15) is 0 Å². The van der Waals surface area contributed by atoms with Crippen LogP contribution in [0.1, 0.15) is 42.5 Å². The minimum atomic E-state index is -0.125. The molecule has 0 aliphatic heterocycles. The molecule has 0 saturated heterocycles. The molecule has 0 unspecified atom stereocenters. The Labute approximate surface area is 177 Å². The molecule has 1 amide bonds. The number of halogens is 2. The number of ether oxygens (including phenoxy) is 1. The summed E-state index contributed by atoms with van der Waals surface area (Å²) in [6, 6.07) is 5.33. The predicted octanol–water partition coefficient (Wildman–Crippen LogP) is 3.31. The average Bonchev–Trinajstić information content (AvgIpc) is 3.15. The lowest BCUT2D eigenvalue weighted by molar-refractivity contribution is 0.0706. The molecule has 0 aromatic heterocycles. The Morgan fingerprint density at radius 2 is 2.00 bits per heavy atom. The van der Waals surface area contributed by atoms with Crippen LogP contribution >= 0.6 is 24.0 Å². The van der Waals surface area contributed by atoms with Crippen molar-refractivity contribution in [1.29, 1.82) is 0 Å². The van der Waals surface area contributed by atoms with Crippen molar-refractivity contribution < 1.29 is 14.4 Å². The number of guanidine groups is 1. The van der Waals surface area contributed by atoms with Crippen LogP contribution in [0.3, 0.4) is 0 Å². The van der Waals surface area contributed by atoms with E-state index >= 15 is 0 Å². The summed E-state index contributed by atoms with van der Waals surface area (Å²) in [4.78, 5) is 19.8. The van der Waals surface area contributed by atoms with Gasteiger partial charge in [0.15, 0.2) is 0 Å². The van der Waals surface area contributed by atoms with Gasteiger partial charge < -0.3 is 25.9 Å². The van der Waals surface area contributed by atoms with Crippen molar-refractivity contribution in [3.8, 4) is 5.75 Å². The maximum Gasteiger partial charge on any atom is 0.254 e. The number of carbonyl (C=O) groups is 1. The summed E-state index contributed by atoms with van der Waals surface area (Å²) in [5.74, 6) is 0.364. The molecule has 1 aromatic carbocycles. The first-order valence-corrected chi connectivity index (χ1v) is 9.45. The van der Waals surface area contributed by atoms with Crippen LogP contribution in [0.15, 0.2) is 36.0 Å². The van der Waals surface area contributed by atoms with Crippen LogP contribution in [0.5, 0.6) is 5.75 Å². The highest BCUT2D eigenvalue weighted by atomic mass is 35.5. The van der Waals surface area contributed by atoms with Gasteiger partial charge in [-0.05, 0) is 36.2 Å². The first kappa shape index (κ1) is 23.9. The Balaban J connectivity index is 0.00000392. The van der Waals surface area contributed by atoms with Crippen LogP contribution in [0.25, 0.3) is 0 Å². The van der Waals surface area contributed by atoms with Gasteiger partial charge in [-0.15, -0.1) is 19.0 Å². The Morgan fingerprint density at radius 3 is 2.64 bits per heavy atom. The fourth-order valence-electron chi connectivity index (χ4n) is 3.12. The average molecular weight is 431 g/mol. The molecule has 1 saturated carbocycles. The third-order valence-corrected chi connectivity index (χ3v) is 4.51. The summed E-state index contributed by atoms with van der Waals surface area (Å²) >= 11 is 6.19. The fourth-order valence-corrected chi connectivity index (χ4v) is 3.35. The van der Waals surface area contributed by atoms with E-state index in [1.54, 1.807) is 24.3 Å². The van der Waals surface area contributed by atoms with Crippen molar-refractivity contribution >= 4 is 35.9 Å². The first-order valence-electron chi connectivity index (χ1n) is 9.07. The number of hydrogen-bond donors (Lipinski definition) is 2. The summed E-state index contributed by atoms with van der Waals surface area (Å²) < 4.78 is 5.68. The topological polar surface area (TPSA) is 103 Å². The van der Waals surface area contributed by atoms with Crippen molar-refractivity contribution in [2.75, 3.05) is 19.8 Å². The molecule has 9 heteroatoms. The molecule has 0 bridgehead atoms. The highest BCUT2D eigenvalue weighted by Crippen LogP contribution is 2.27. The van der Waals surface area contributed by atoms with E-state index in [1.807, 2.05) is 4.90 Å². The quantitative estimate of drug-likeness (QED) is 0.195. The summed E-state index contributed by atoms with van der Waals surface area (Å²) in [6.45, 7) is 5.00. The minimum Gasteiger partial charge on any atom is -0.493 e. The number of nitrogens with zero attached hydrogens (tertiary/aromatic N) is 2. The highest BCUT2D eigenvalue weighted by Gasteiger charge is 2.27. The second-order valence-corrected chi connectivity index (χ2v) is 6.85. The number of hydrogen-bond acceptors (Lipinski definition) is 4. The Hall–Kier alpha value is -2.12. The summed E-state index contributed by atoms with van der Waals surface area (Å²) in [5, 5.41) is 3.89. The molecule has 156 valence electrons. The minimum absolute atomic E-state index is 0. The van der Waals surface area contributed by atoms with E-state index in [0.717, 1.165) is 25.7 Å². The standard InChI is InChI=1S/C19H27ClN4O3.ClH/c1-2-8-24(16-6-3-4-7-16)18(25)14-11-15(20)13-17(12-14)26-9-5-10-27-23-19(21)22;/h2,11-13,16H,1,3-10H2,(H4,21,22,23);1H. The van der Waals surface area contributed by atoms with E-state index in [2.05, 4.69) is 11.7 Å². The van der Waals surface area contributed by atoms with Crippen LogP contribution in [0.2, 0.25) is 5.02 Å². The van der Waals surface area contributed by atoms with E-state index in [-0.39, 0.29) is 30.3 Å². The van der Waals surface area contributed by atoms with Crippen molar-refractivity contribution in [2.45, 2.75) is 38.1 Å². The molecule has 0 spiro atoms. The molecule has 2 rings (SSSR count). The van der Waals surface area contributed by atoms with Crippen LogP contribution in [0, 0.1) is 0 Å². The molecule has 1 aliphatic rings. The molecule has 7 nitrogen and oxygen atoms in total. The summed E-state index contributed by atoms with van der Waals surface area (Å²) in [6.07, 6.45) is 6.69. The summed E-state index contributed by atoms with van der Waals surface area (Å²) in [7, 11) is 0. The third kappa shape index (κ3) is 7.48. The monoisotopic (exact) mass is 430 g/mol. The zero-order valence-electron chi connectivity index (χ0n) is 15.8. The van der Waals surface area contributed by atoms with Gasteiger partial charge >= 0.3 is 0 Å². The maximum atomic E-state index is 13.0. The van der Waals surface area contributed by atoms with Gasteiger partial charge in [0.1, 0.15) is 12.4 Å². The van der Waals surface area contributed by atoms with Gasteiger partial charge in [0.2, 0.25) is 5.96 Å². The molecule has 4 N–H and O–H groups in total. The molecule has 0 atom stereocenters. The van der Waals surface area contributed by atoms with Gasteiger partial charge in [-0.1, -0.05) is 30.5 Å². The fraction of sp³-hybridized carbons (Fsp3) is 0.474. The molecule has 1 aromatic rings. The maximum absolute atomic E-state index is 13.0. The summed E-state index contributed by atoms with van der Waals surface area (Å²) in [5.41, 5.74) is 10.8. The van der Waals surface area contributed by atoms with E-state index in [9.17, 15) is 4.79 Å². The molecule has 1 aliphatic carbocycles. The molecule has 0 heterocycles. The SMILES string of the molecule is C=CCN(C(=O)c1cc(Cl)cc(OCCCON=C(N)N)c1)C1CCCC1.Cl. The lowest BCUT2D eigenvalue weighted by Gasteiger charge is -2.28. The van der Waals surface area contributed by atoms with Crippen molar-refractivity contribution in [1.82, 2.24) is 4.90 Å². The normalized spacial score (nSPS) is 13.3. The highest BCUT2D eigenvalue weighted by molar-refractivity contribution is 6.31. The zero-order valence-corrected chi connectivity index (χ0v) is 17.4. The number of benzene rings is 1. The third-order valence-electron chi connectivity index (χ3n) is 4.29. The van der Waals surface area contributed by atoms with Gasteiger partial charge in [-0.25, -0.2) is 0 Å². The van der Waals surface area contributed by atoms with Gasteiger partial charge in [0.05, 0.1) is 6.61 Å². The van der Waals surface area contributed by atoms with Gasteiger partial charge in [0, 0.05) is 29.6 Å². The first-order chi connectivity index (χ1) is 13.0. The number of amides is 1.